The second-order valence-electron chi connectivity index (χ2n) is 7.64. The van der Waals surface area contributed by atoms with Crippen molar-refractivity contribution in [1.29, 1.82) is 0 Å². The Morgan fingerprint density at radius 2 is 1.88 bits per heavy atom. The number of thiocarbonyl (C=S) groups is 1. The van der Waals surface area contributed by atoms with E-state index in [-0.39, 0.29) is 5.91 Å². The summed E-state index contributed by atoms with van der Waals surface area (Å²) in [5, 5.41) is 10.5. The minimum absolute atomic E-state index is 0.330. The summed E-state index contributed by atoms with van der Waals surface area (Å²) in [6, 6.07) is 16.2. The number of carbonyl (C=O) groups is 1. The van der Waals surface area contributed by atoms with Gasteiger partial charge < -0.3 is 24.6 Å². The lowest BCUT2D eigenvalue weighted by Crippen LogP contribution is -2.48. The van der Waals surface area contributed by atoms with Crippen LogP contribution in [0.3, 0.4) is 0 Å². The van der Waals surface area contributed by atoms with Crippen LogP contribution in [0.4, 0.5) is 11.5 Å². The highest BCUT2D eigenvalue weighted by molar-refractivity contribution is 7.80. The molecule has 2 heterocycles. The van der Waals surface area contributed by atoms with Gasteiger partial charge in [0.05, 0.1) is 31.0 Å². The molecule has 9 heteroatoms. The van der Waals surface area contributed by atoms with E-state index in [2.05, 4.69) is 15.8 Å². The first kappa shape index (κ1) is 23.3. The molecule has 176 valence electrons. The molecule has 4 rings (SSSR count). The standard InChI is InChI=1S/C25H26N4O4S/c1-5-32-19-12-8-6-10-17(19)23-22(24(30)26-21-14-15(2)33-28-21)16(3)29(25(34)27-23)18-11-7-9-13-20(18)31-4/h6-14,23H,5H2,1-4H3,(H,27,34)(H,26,28,30)/t23-/m0/s1. The third-order valence-electron chi connectivity index (χ3n) is 5.45. The van der Waals surface area contributed by atoms with Gasteiger partial charge in [-0.1, -0.05) is 35.5 Å². The molecule has 0 fully saturated rings. The fraction of sp³-hybridized carbons (Fsp3) is 0.240. The largest absolute Gasteiger partial charge is 0.495 e. The lowest BCUT2D eigenvalue weighted by Gasteiger charge is -2.38. The molecular formula is C25H26N4O4S. The molecule has 0 radical (unpaired) electrons. The van der Waals surface area contributed by atoms with Crippen LogP contribution in [-0.2, 0) is 4.79 Å². The predicted octanol–water partition coefficient (Wildman–Crippen LogP) is 4.74. The van der Waals surface area contributed by atoms with Crippen LogP contribution < -0.4 is 25.0 Å². The fourth-order valence-electron chi connectivity index (χ4n) is 3.99. The second kappa shape index (κ2) is 9.96. The Labute approximate surface area is 203 Å². The Balaban J connectivity index is 1.86. The van der Waals surface area contributed by atoms with Crippen molar-refractivity contribution in [3.63, 3.8) is 0 Å². The van der Waals surface area contributed by atoms with Crippen LogP contribution in [-0.4, -0.2) is 29.9 Å². The SMILES string of the molecule is CCOc1ccccc1[C@@H]1NC(=S)N(c2ccccc2OC)C(C)=C1C(=O)Nc1cc(C)on1. The maximum Gasteiger partial charge on any atom is 0.257 e. The lowest BCUT2D eigenvalue weighted by atomic mass is 9.93. The van der Waals surface area contributed by atoms with Crippen LogP contribution in [0, 0.1) is 6.92 Å². The summed E-state index contributed by atoms with van der Waals surface area (Å²) in [5.41, 5.74) is 2.64. The molecule has 0 unspecified atom stereocenters. The van der Waals surface area contributed by atoms with Gasteiger partial charge in [-0.15, -0.1) is 0 Å². The molecule has 0 aliphatic carbocycles. The number of rotatable bonds is 7. The van der Waals surface area contributed by atoms with Crippen molar-refractivity contribution in [2.24, 2.45) is 0 Å². The minimum Gasteiger partial charge on any atom is -0.495 e. The number of nitrogens with zero attached hydrogens (tertiary/aromatic N) is 2. The molecule has 8 nitrogen and oxygen atoms in total. The molecule has 34 heavy (non-hydrogen) atoms. The molecule has 1 amide bonds. The van der Waals surface area contributed by atoms with Crippen molar-refractivity contribution < 1.29 is 18.8 Å². The highest BCUT2D eigenvalue weighted by Crippen LogP contribution is 2.40. The fourth-order valence-corrected chi connectivity index (χ4v) is 4.34. The van der Waals surface area contributed by atoms with Gasteiger partial charge in [0.25, 0.3) is 5.91 Å². The quantitative estimate of drug-likeness (QED) is 0.471. The van der Waals surface area contributed by atoms with E-state index in [1.54, 1.807) is 25.0 Å². The van der Waals surface area contributed by atoms with E-state index in [0.29, 0.717) is 46.1 Å². The molecular weight excluding hydrogens is 452 g/mol. The Morgan fingerprint density at radius 1 is 1.18 bits per heavy atom. The number of amides is 1. The smallest absolute Gasteiger partial charge is 0.257 e. The van der Waals surface area contributed by atoms with Crippen LogP contribution in [0.5, 0.6) is 11.5 Å². The molecule has 2 aromatic carbocycles. The molecule has 1 aliphatic rings. The average molecular weight is 479 g/mol. The van der Waals surface area contributed by atoms with E-state index >= 15 is 0 Å². The summed E-state index contributed by atoms with van der Waals surface area (Å²) in [7, 11) is 1.60. The lowest BCUT2D eigenvalue weighted by molar-refractivity contribution is -0.113. The van der Waals surface area contributed by atoms with Crippen LogP contribution >= 0.6 is 12.2 Å². The predicted molar refractivity (Wildman–Crippen MR) is 134 cm³/mol. The van der Waals surface area contributed by atoms with E-state index in [4.69, 9.17) is 26.2 Å². The molecule has 2 N–H and O–H groups in total. The van der Waals surface area contributed by atoms with E-state index in [1.165, 1.54) is 0 Å². The molecule has 1 atom stereocenters. The van der Waals surface area contributed by atoms with Crippen molar-refractivity contribution >= 4 is 34.7 Å². The van der Waals surface area contributed by atoms with Crippen LogP contribution in [0.2, 0.25) is 0 Å². The van der Waals surface area contributed by atoms with Crippen molar-refractivity contribution in [1.82, 2.24) is 10.5 Å². The van der Waals surface area contributed by atoms with E-state index in [1.807, 2.05) is 62.4 Å². The number of benzene rings is 2. The van der Waals surface area contributed by atoms with Gasteiger partial charge >= 0.3 is 0 Å². The molecule has 1 aliphatic heterocycles. The number of nitrogens with one attached hydrogen (secondary N) is 2. The summed E-state index contributed by atoms with van der Waals surface area (Å²) < 4.78 is 16.5. The second-order valence-corrected chi connectivity index (χ2v) is 8.02. The first-order chi connectivity index (χ1) is 16.4. The summed E-state index contributed by atoms with van der Waals surface area (Å²) in [5.74, 6) is 1.89. The van der Waals surface area contributed by atoms with Crippen LogP contribution in [0.15, 0.2) is 70.4 Å². The average Bonchev–Trinajstić information content (AvgIpc) is 3.23. The van der Waals surface area contributed by atoms with Gasteiger partial charge in [0.15, 0.2) is 10.9 Å². The molecule has 0 bridgehead atoms. The number of hydrogen-bond acceptors (Lipinski definition) is 6. The number of para-hydroxylation sites is 3. The number of carbonyl (C=O) groups excluding carboxylic acids is 1. The summed E-state index contributed by atoms with van der Waals surface area (Å²) in [4.78, 5) is 15.4. The number of allylic oxidation sites excluding steroid dienone is 1. The zero-order valence-corrected chi connectivity index (χ0v) is 20.2. The van der Waals surface area contributed by atoms with E-state index in [9.17, 15) is 4.79 Å². The van der Waals surface area contributed by atoms with Gasteiger partial charge in [-0.05, 0) is 51.2 Å². The molecule has 3 aromatic rings. The van der Waals surface area contributed by atoms with Gasteiger partial charge in [0.2, 0.25) is 0 Å². The van der Waals surface area contributed by atoms with Crippen molar-refractivity contribution in [3.8, 4) is 11.5 Å². The van der Waals surface area contributed by atoms with Crippen LogP contribution in [0.1, 0.15) is 31.2 Å². The maximum absolute atomic E-state index is 13.6. The molecule has 0 saturated heterocycles. The Hall–Kier alpha value is -3.85. The summed E-state index contributed by atoms with van der Waals surface area (Å²) in [6.45, 7) is 6.03. The number of ether oxygens (including phenoxy) is 2. The number of aryl methyl sites for hydroxylation is 1. The Morgan fingerprint density at radius 3 is 2.56 bits per heavy atom. The molecule has 0 saturated carbocycles. The van der Waals surface area contributed by atoms with Crippen molar-refractivity contribution in [2.75, 3.05) is 23.9 Å². The van der Waals surface area contributed by atoms with Gasteiger partial charge in [0, 0.05) is 17.3 Å². The van der Waals surface area contributed by atoms with Gasteiger partial charge in [0.1, 0.15) is 17.3 Å². The highest BCUT2D eigenvalue weighted by Gasteiger charge is 2.37. The Kier molecular flexibility index (Phi) is 6.83. The molecule has 0 spiro atoms. The monoisotopic (exact) mass is 478 g/mol. The third-order valence-corrected chi connectivity index (χ3v) is 5.76. The van der Waals surface area contributed by atoms with Crippen LogP contribution in [0.25, 0.3) is 0 Å². The summed E-state index contributed by atoms with van der Waals surface area (Å²) >= 11 is 5.78. The number of anilines is 2. The van der Waals surface area contributed by atoms with Gasteiger partial charge in [-0.25, -0.2) is 0 Å². The topological polar surface area (TPSA) is 88.9 Å². The number of hydrogen-bond donors (Lipinski definition) is 2. The third kappa shape index (κ3) is 4.47. The van der Waals surface area contributed by atoms with E-state index < -0.39 is 6.04 Å². The number of methoxy groups -OCH3 is 1. The van der Waals surface area contributed by atoms with E-state index in [0.717, 1.165) is 11.3 Å². The minimum atomic E-state index is -0.547. The normalized spacial score (nSPS) is 15.7. The summed E-state index contributed by atoms with van der Waals surface area (Å²) in [6.07, 6.45) is 0. The zero-order chi connectivity index (χ0) is 24.2. The van der Waals surface area contributed by atoms with Gasteiger partial charge in [-0.3, -0.25) is 9.69 Å². The van der Waals surface area contributed by atoms with Crippen molar-refractivity contribution in [2.45, 2.75) is 26.8 Å². The first-order valence-corrected chi connectivity index (χ1v) is 11.3. The zero-order valence-electron chi connectivity index (χ0n) is 19.4. The van der Waals surface area contributed by atoms with Crippen molar-refractivity contribution in [3.05, 3.63) is 77.2 Å². The first-order valence-electron chi connectivity index (χ1n) is 10.8. The van der Waals surface area contributed by atoms with Gasteiger partial charge in [-0.2, -0.15) is 0 Å². The maximum atomic E-state index is 13.6. The highest BCUT2D eigenvalue weighted by atomic mass is 32.1. The Bertz CT molecular complexity index is 1250. The molecule has 1 aromatic heterocycles. The number of aromatic nitrogens is 1.